The van der Waals surface area contributed by atoms with Gasteiger partial charge in [-0.25, -0.2) is 0 Å². The summed E-state index contributed by atoms with van der Waals surface area (Å²) in [5, 5.41) is 0. The molecule has 0 aliphatic heterocycles. The molecule has 0 aliphatic carbocycles. The maximum Gasteiger partial charge on any atom is 0.0177 e. The maximum atomic E-state index is 6.12. The molecule has 0 aliphatic rings. The smallest absolute Gasteiger partial charge is 0.0177 e. The Morgan fingerprint density at radius 1 is 1.33 bits per heavy atom. The number of aryl methyl sites for hydroxylation is 1. The van der Waals surface area contributed by atoms with Crippen LogP contribution in [0.5, 0.6) is 0 Å². The molecule has 2 heteroatoms. The first kappa shape index (κ1) is 12.7. The van der Waals surface area contributed by atoms with Gasteiger partial charge in [0.2, 0.25) is 0 Å². The van der Waals surface area contributed by atoms with Crippen LogP contribution in [0, 0.1) is 5.41 Å². The number of benzene rings is 1. The van der Waals surface area contributed by atoms with Gasteiger partial charge < -0.3 is 5.73 Å². The molecule has 1 unspecified atom stereocenters. The highest BCUT2D eigenvalue weighted by Crippen LogP contribution is 2.22. The third kappa shape index (κ3) is 4.35. The second kappa shape index (κ2) is 5.13. The predicted octanol–water partition coefficient (Wildman–Crippen LogP) is 3.76. The highest BCUT2D eigenvalue weighted by molar-refractivity contribution is 9.10. The SMILES string of the molecule is CC(C)(C)C(N)CCc1cccc(Br)c1. The third-order valence-electron chi connectivity index (χ3n) is 2.75. The van der Waals surface area contributed by atoms with E-state index in [0.717, 1.165) is 17.3 Å². The van der Waals surface area contributed by atoms with Gasteiger partial charge in [0.05, 0.1) is 0 Å². The van der Waals surface area contributed by atoms with Crippen LogP contribution in [0.4, 0.5) is 0 Å². The Hall–Kier alpha value is -0.340. The van der Waals surface area contributed by atoms with Crippen molar-refractivity contribution >= 4 is 15.9 Å². The third-order valence-corrected chi connectivity index (χ3v) is 3.24. The van der Waals surface area contributed by atoms with Crippen molar-refractivity contribution in [3.8, 4) is 0 Å². The van der Waals surface area contributed by atoms with Gasteiger partial charge in [-0.05, 0) is 36.0 Å². The zero-order chi connectivity index (χ0) is 11.5. The molecule has 0 saturated carbocycles. The van der Waals surface area contributed by atoms with Crippen LogP contribution in [-0.2, 0) is 6.42 Å². The molecule has 1 aromatic rings. The zero-order valence-corrected chi connectivity index (χ0v) is 11.3. The summed E-state index contributed by atoms with van der Waals surface area (Å²) in [7, 11) is 0. The molecule has 1 nitrogen and oxygen atoms in total. The number of hydrogen-bond acceptors (Lipinski definition) is 1. The summed E-state index contributed by atoms with van der Waals surface area (Å²) >= 11 is 3.48. The molecule has 84 valence electrons. The van der Waals surface area contributed by atoms with E-state index < -0.39 is 0 Å². The van der Waals surface area contributed by atoms with E-state index >= 15 is 0 Å². The van der Waals surface area contributed by atoms with Crippen molar-refractivity contribution in [1.29, 1.82) is 0 Å². The van der Waals surface area contributed by atoms with Crippen molar-refractivity contribution in [3.05, 3.63) is 34.3 Å². The summed E-state index contributed by atoms with van der Waals surface area (Å²) in [6.07, 6.45) is 2.10. The highest BCUT2D eigenvalue weighted by Gasteiger charge is 2.19. The molecule has 1 rings (SSSR count). The molecule has 0 amide bonds. The van der Waals surface area contributed by atoms with Gasteiger partial charge in [0.15, 0.2) is 0 Å². The summed E-state index contributed by atoms with van der Waals surface area (Å²) in [6.45, 7) is 6.58. The Morgan fingerprint density at radius 3 is 2.53 bits per heavy atom. The minimum Gasteiger partial charge on any atom is -0.327 e. The molecular formula is C13H20BrN. The highest BCUT2D eigenvalue weighted by atomic mass is 79.9. The van der Waals surface area contributed by atoms with Gasteiger partial charge in [-0.1, -0.05) is 48.8 Å². The van der Waals surface area contributed by atoms with E-state index in [2.05, 4.69) is 54.9 Å². The van der Waals surface area contributed by atoms with E-state index in [9.17, 15) is 0 Å². The molecule has 0 spiro atoms. The molecule has 15 heavy (non-hydrogen) atoms. The molecule has 0 bridgehead atoms. The van der Waals surface area contributed by atoms with Gasteiger partial charge in [-0.15, -0.1) is 0 Å². The first-order valence-corrected chi connectivity index (χ1v) is 6.19. The van der Waals surface area contributed by atoms with Gasteiger partial charge in [-0.3, -0.25) is 0 Å². The largest absolute Gasteiger partial charge is 0.327 e. The molecule has 1 atom stereocenters. The average Bonchev–Trinajstić information content (AvgIpc) is 2.12. The van der Waals surface area contributed by atoms with E-state index in [0.29, 0.717) is 0 Å². The van der Waals surface area contributed by atoms with Crippen LogP contribution in [0.1, 0.15) is 32.8 Å². The average molecular weight is 270 g/mol. The summed E-state index contributed by atoms with van der Waals surface area (Å²) < 4.78 is 1.14. The van der Waals surface area contributed by atoms with Crippen molar-refractivity contribution in [2.45, 2.75) is 39.7 Å². The molecular weight excluding hydrogens is 250 g/mol. The Bertz CT molecular complexity index is 315. The van der Waals surface area contributed by atoms with Gasteiger partial charge in [-0.2, -0.15) is 0 Å². The van der Waals surface area contributed by atoms with Gasteiger partial charge >= 0.3 is 0 Å². The molecule has 0 heterocycles. The molecule has 0 aromatic heterocycles. The van der Waals surface area contributed by atoms with Crippen LogP contribution in [0.15, 0.2) is 28.7 Å². The maximum absolute atomic E-state index is 6.12. The van der Waals surface area contributed by atoms with Crippen molar-refractivity contribution in [1.82, 2.24) is 0 Å². The van der Waals surface area contributed by atoms with E-state index in [1.54, 1.807) is 0 Å². The topological polar surface area (TPSA) is 26.0 Å². The number of halogens is 1. The van der Waals surface area contributed by atoms with Gasteiger partial charge in [0, 0.05) is 10.5 Å². The molecule has 0 radical (unpaired) electrons. The van der Waals surface area contributed by atoms with Crippen LogP contribution < -0.4 is 5.73 Å². The summed E-state index contributed by atoms with van der Waals surface area (Å²) in [5.41, 5.74) is 7.68. The summed E-state index contributed by atoms with van der Waals surface area (Å²) in [5.74, 6) is 0. The number of rotatable bonds is 3. The van der Waals surface area contributed by atoms with Crippen molar-refractivity contribution in [3.63, 3.8) is 0 Å². The lowest BCUT2D eigenvalue weighted by atomic mass is 9.84. The van der Waals surface area contributed by atoms with Crippen molar-refractivity contribution in [2.24, 2.45) is 11.1 Å². The number of nitrogens with two attached hydrogens (primary N) is 1. The minimum absolute atomic E-state index is 0.200. The Balaban J connectivity index is 2.51. The monoisotopic (exact) mass is 269 g/mol. The van der Waals surface area contributed by atoms with Crippen LogP contribution in [0.25, 0.3) is 0 Å². The second-order valence-corrected chi connectivity index (χ2v) is 6.06. The van der Waals surface area contributed by atoms with E-state index in [1.165, 1.54) is 5.56 Å². The van der Waals surface area contributed by atoms with Gasteiger partial charge in [0.25, 0.3) is 0 Å². The predicted molar refractivity (Wildman–Crippen MR) is 69.9 cm³/mol. The lowest BCUT2D eigenvalue weighted by molar-refractivity contribution is 0.306. The molecule has 2 N–H and O–H groups in total. The summed E-state index contributed by atoms with van der Waals surface area (Å²) in [6, 6.07) is 8.70. The first-order valence-electron chi connectivity index (χ1n) is 5.39. The fraction of sp³-hybridized carbons (Fsp3) is 0.538. The minimum atomic E-state index is 0.200. The standard InChI is InChI=1S/C13H20BrN/c1-13(2,3)12(15)8-7-10-5-4-6-11(14)9-10/h4-6,9,12H,7-8,15H2,1-3H3. The Kier molecular flexibility index (Phi) is 4.35. The first-order chi connectivity index (χ1) is 6.89. The van der Waals surface area contributed by atoms with Crippen LogP contribution in [-0.4, -0.2) is 6.04 Å². The lowest BCUT2D eigenvalue weighted by Crippen LogP contribution is -2.35. The fourth-order valence-electron chi connectivity index (χ4n) is 1.45. The Labute approximate surface area is 101 Å². The van der Waals surface area contributed by atoms with Crippen LogP contribution in [0.2, 0.25) is 0 Å². The lowest BCUT2D eigenvalue weighted by Gasteiger charge is -2.27. The molecule has 0 saturated heterocycles. The molecule has 0 fully saturated rings. The van der Waals surface area contributed by atoms with Gasteiger partial charge in [0.1, 0.15) is 0 Å². The van der Waals surface area contributed by atoms with Crippen LogP contribution >= 0.6 is 15.9 Å². The van der Waals surface area contributed by atoms with E-state index in [4.69, 9.17) is 5.73 Å². The summed E-state index contributed by atoms with van der Waals surface area (Å²) in [4.78, 5) is 0. The zero-order valence-electron chi connectivity index (χ0n) is 9.76. The number of hydrogen-bond donors (Lipinski definition) is 1. The van der Waals surface area contributed by atoms with E-state index in [-0.39, 0.29) is 11.5 Å². The Morgan fingerprint density at radius 2 is 2.00 bits per heavy atom. The van der Waals surface area contributed by atoms with Crippen molar-refractivity contribution < 1.29 is 0 Å². The van der Waals surface area contributed by atoms with Crippen LogP contribution in [0.3, 0.4) is 0 Å². The molecule has 1 aromatic carbocycles. The second-order valence-electron chi connectivity index (χ2n) is 5.14. The fourth-order valence-corrected chi connectivity index (χ4v) is 1.89. The quantitative estimate of drug-likeness (QED) is 0.889. The normalized spacial score (nSPS) is 13.9. The van der Waals surface area contributed by atoms with Crippen molar-refractivity contribution in [2.75, 3.05) is 0 Å². The van der Waals surface area contributed by atoms with E-state index in [1.807, 2.05) is 6.07 Å².